The first-order valence-electron chi connectivity index (χ1n) is 6.30. The van der Waals surface area contributed by atoms with Crippen LogP contribution >= 0.6 is 0 Å². The zero-order chi connectivity index (χ0) is 13.6. The van der Waals surface area contributed by atoms with Crippen LogP contribution in [0.25, 0.3) is 0 Å². The lowest BCUT2D eigenvalue weighted by molar-refractivity contribution is -0.0210. The molecule has 0 heterocycles. The first kappa shape index (κ1) is 17.8. The van der Waals surface area contributed by atoms with Crippen molar-refractivity contribution in [3.8, 4) is 0 Å². The van der Waals surface area contributed by atoms with E-state index in [0.29, 0.717) is 52.9 Å². The van der Waals surface area contributed by atoms with Crippen molar-refractivity contribution in [2.45, 2.75) is 26.1 Å². The Morgan fingerprint density at radius 1 is 0.611 bits per heavy atom. The van der Waals surface area contributed by atoms with E-state index >= 15 is 0 Å². The van der Waals surface area contributed by atoms with Crippen molar-refractivity contribution in [3.63, 3.8) is 0 Å². The van der Waals surface area contributed by atoms with E-state index in [1.165, 1.54) is 0 Å². The van der Waals surface area contributed by atoms with Crippen LogP contribution in [0.5, 0.6) is 0 Å². The minimum Gasteiger partial charge on any atom is -0.391 e. The number of hydrogen-bond donors (Lipinski definition) is 2. The first-order valence-corrected chi connectivity index (χ1v) is 6.30. The van der Waals surface area contributed by atoms with Gasteiger partial charge in [-0.05, 0) is 13.8 Å². The van der Waals surface area contributed by atoms with Gasteiger partial charge in [0.05, 0.1) is 65.1 Å². The molecular weight excluding hydrogens is 240 g/mol. The molecule has 18 heavy (non-hydrogen) atoms. The molecule has 2 unspecified atom stereocenters. The van der Waals surface area contributed by atoms with Gasteiger partial charge in [-0.15, -0.1) is 0 Å². The topological polar surface area (TPSA) is 77.4 Å². The van der Waals surface area contributed by atoms with Gasteiger partial charge in [-0.25, -0.2) is 0 Å². The van der Waals surface area contributed by atoms with Crippen molar-refractivity contribution in [3.05, 3.63) is 0 Å². The van der Waals surface area contributed by atoms with Gasteiger partial charge in [0, 0.05) is 0 Å². The Balaban J connectivity index is 2.95. The predicted molar refractivity (Wildman–Crippen MR) is 66.6 cm³/mol. The molecular formula is C12H26O6. The predicted octanol–water partition coefficient (Wildman–Crippen LogP) is -0.186. The van der Waals surface area contributed by atoms with Crippen LogP contribution in [0.2, 0.25) is 0 Å². The highest BCUT2D eigenvalue weighted by Gasteiger charge is 1.96. The van der Waals surface area contributed by atoms with E-state index in [4.69, 9.17) is 29.2 Å². The van der Waals surface area contributed by atoms with Crippen molar-refractivity contribution in [1.29, 1.82) is 0 Å². The van der Waals surface area contributed by atoms with Crippen LogP contribution in [0.1, 0.15) is 13.8 Å². The zero-order valence-electron chi connectivity index (χ0n) is 11.3. The maximum atomic E-state index is 8.92. The minimum atomic E-state index is -0.435. The van der Waals surface area contributed by atoms with Gasteiger partial charge >= 0.3 is 0 Å². The fraction of sp³-hybridized carbons (Fsp3) is 1.00. The highest BCUT2D eigenvalue weighted by molar-refractivity contribution is 4.42. The summed E-state index contributed by atoms with van der Waals surface area (Å²) < 4.78 is 20.7. The van der Waals surface area contributed by atoms with Gasteiger partial charge in [-0.3, -0.25) is 0 Å². The Morgan fingerprint density at radius 2 is 0.889 bits per heavy atom. The zero-order valence-corrected chi connectivity index (χ0v) is 11.3. The summed E-state index contributed by atoms with van der Waals surface area (Å²) in [4.78, 5) is 0. The fourth-order valence-electron chi connectivity index (χ4n) is 1.07. The second kappa shape index (κ2) is 13.2. The second-order valence-electron chi connectivity index (χ2n) is 4.07. The molecule has 0 amide bonds. The van der Waals surface area contributed by atoms with Crippen LogP contribution in [0.3, 0.4) is 0 Å². The van der Waals surface area contributed by atoms with Crippen molar-refractivity contribution in [2.75, 3.05) is 52.9 Å². The summed E-state index contributed by atoms with van der Waals surface area (Å²) in [5.74, 6) is 0. The summed E-state index contributed by atoms with van der Waals surface area (Å²) in [7, 11) is 0. The molecule has 110 valence electrons. The quantitative estimate of drug-likeness (QED) is 0.450. The largest absolute Gasteiger partial charge is 0.391 e. The Bertz CT molecular complexity index is 145. The van der Waals surface area contributed by atoms with Gasteiger partial charge in [0.1, 0.15) is 0 Å². The molecule has 0 aliphatic rings. The molecule has 2 atom stereocenters. The van der Waals surface area contributed by atoms with E-state index in [-0.39, 0.29) is 0 Å². The number of hydrogen-bond acceptors (Lipinski definition) is 6. The van der Waals surface area contributed by atoms with Crippen LogP contribution in [0.15, 0.2) is 0 Å². The molecule has 0 aromatic rings. The maximum Gasteiger partial charge on any atom is 0.0745 e. The first-order chi connectivity index (χ1) is 8.63. The number of aliphatic hydroxyl groups excluding tert-OH is 2. The van der Waals surface area contributed by atoms with Crippen molar-refractivity contribution in [2.24, 2.45) is 0 Å². The number of ether oxygens (including phenoxy) is 4. The van der Waals surface area contributed by atoms with E-state index in [1.54, 1.807) is 13.8 Å². The summed E-state index contributed by atoms with van der Waals surface area (Å²) in [5, 5.41) is 17.8. The Morgan fingerprint density at radius 3 is 1.17 bits per heavy atom. The highest BCUT2D eigenvalue weighted by Crippen LogP contribution is 1.86. The van der Waals surface area contributed by atoms with E-state index < -0.39 is 12.2 Å². The molecule has 2 N–H and O–H groups in total. The van der Waals surface area contributed by atoms with Gasteiger partial charge in [0.15, 0.2) is 0 Å². The third kappa shape index (κ3) is 15.8. The minimum absolute atomic E-state index is 0.334. The summed E-state index contributed by atoms with van der Waals surface area (Å²) in [5.41, 5.74) is 0. The molecule has 0 radical (unpaired) electrons. The van der Waals surface area contributed by atoms with Crippen LogP contribution in [-0.4, -0.2) is 75.3 Å². The maximum absolute atomic E-state index is 8.92. The van der Waals surface area contributed by atoms with Gasteiger partial charge in [0.2, 0.25) is 0 Å². The third-order valence-electron chi connectivity index (χ3n) is 1.83. The normalized spacial score (nSPS) is 14.7. The molecule has 0 rings (SSSR count). The van der Waals surface area contributed by atoms with Crippen LogP contribution in [0.4, 0.5) is 0 Å². The molecule has 0 fully saturated rings. The van der Waals surface area contributed by atoms with E-state index in [9.17, 15) is 0 Å². The molecule has 6 nitrogen and oxygen atoms in total. The molecule has 0 aromatic carbocycles. The Kier molecular flexibility index (Phi) is 13.0. The van der Waals surface area contributed by atoms with Crippen LogP contribution < -0.4 is 0 Å². The molecule has 0 bridgehead atoms. The molecule has 0 aromatic heterocycles. The molecule has 6 heteroatoms. The molecule has 0 spiro atoms. The lowest BCUT2D eigenvalue weighted by Crippen LogP contribution is -2.16. The Hall–Kier alpha value is -0.240. The van der Waals surface area contributed by atoms with Crippen LogP contribution in [0, 0.1) is 0 Å². The highest BCUT2D eigenvalue weighted by atomic mass is 16.6. The SMILES string of the molecule is CC(O)COCCOCCOCCOCC(C)O. The van der Waals surface area contributed by atoms with E-state index in [0.717, 1.165) is 0 Å². The third-order valence-corrected chi connectivity index (χ3v) is 1.83. The summed E-state index contributed by atoms with van der Waals surface area (Å²) >= 11 is 0. The molecule has 0 aliphatic carbocycles. The average molecular weight is 266 g/mol. The summed E-state index contributed by atoms with van der Waals surface area (Å²) in [6.07, 6.45) is -0.870. The van der Waals surface area contributed by atoms with Crippen LogP contribution in [-0.2, 0) is 18.9 Å². The van der Waals surface area contributed by atoms with Gasteiger partial charge in [-0.2, -0.15) is 0 Å². The van der Waals surface area contributed by atoms with E-state index in [2.05, 4.69) is 0 Å². The lowest BCUT2D eigenvalue weighted by atomic mass is 10.4. The smallest absolute Gasteiger partial charge is 0.0745 e. The number of rotatable bonds is 13. The Labute approximate surface area is 109 Å². The average Bonchev–Trinajstić information content (AvgIpc) is 2.29. The lowest BCUT2D eigenvalue weighted by Gasteiger charge is -2.08. The number of aliphatic hydroxyl groups is 2. The fourth-order valence-corrected chi connectivity index (χ4v) is 1.07. The molecule has 0 saturated heterocycles. The summed E-state index contributed by atoms with van der Waals surface area (Å²) in [6, 6.07) is 0. The monoisotopic (exact) mass is 266 g/mol. The molecule has 0 saturated carbocycles. The van der Waals surface area contributed by atoms with Crippen molar-refractivity contribution >= 4 is 0 Å². The molecule has 0 aliphatic heterocycles. The second-order valence-corrected chi connectivity index (χ2v) is 4.07. The standard InChI is InChI=1S/C12H26O6/c1-11(13)9-17-7-5-15-3-4-16-6-8-18-10-12(2)14/h11-14H,3-10H2,1-2H3. The summed E-state index contributed by atoms with van der Waals surface area (Å²) in [6.45, 7) is 6.97. The van der Waals surface area contributed by atoms with Gasteiger partial charge in [-0.1, -0.05) is 0 Å². The van der Waals surface area contributed by atoms with Crippen molar-refractivity contribution < 1.29 is 29.2 Å². The van der Waals surface area contributed by atoms with Gasteiger partial charge in [0.25, 0.3) is 0 Å². The van der Waals surface area contributed by atoms with Gasteiger partial charge < -0.3 is 29.2 Å². The van der Waals surface area contributed by atoms with Crippen molar-refractivity contribution in [1.82, 2.24) is 0 Å². The van der Waals surface area contributed by atoms with E-state index in [1.807, 2.05) is 0 Å².